The highest BCUT2D eigenvalue weighted by molar-refractivity contribution is 9.08. The van der Waals surface area contributed by atoms with E-state index in [9.17, 15) is 0 Å². The highest BCUT2D eigenvalue weighted by Crippen LogP contribution is 2.34. The number of fused-ring (bicyclic) bond motifs is 1. The minimum atomic E-state index is 0.683. The zero-order valence-electron chi connectivity index (χ0n) is 9.16. The molecule has 0 N–H and O–H groups in total. The average Bonchev–Trinajstić information content (AvgIpc) is 2.36. The van der Waals surface area contributed by atoms with Crippen LogP contribution in [0.4, 0.5) is 0 Å². The molecule has 16 heavy (non-hydrogen) atoms. The lowest BCUT2D eigenvalue weighted by Crippen LogP contribution is -1.94. The Morgan fingerprint density at radius 1 is 1.12 bits per heavy atom. The van der Waals surface area contributed by atoms with Crippen LogP contribution in [0.15, 0.2) is 24.3 Å². The van der Waals surface area contributed by atoms with Gasteiger partial charge in [-0.3, -0.25) is 0 Å². The summed E-state index contributed by atoms with van der Waals surface area (Å²) in [5.41, 5.74) is 1.80. The second-order valence-corrected chi connectivity index (χ2v) is 3.87. The maximum Gasteiger partial charge on any atom is 0.187 e. The van der Waals surface area contributed by atoms with E-state index in [1.165, 1.54) is 0 Å². The summed E-state index contributed by atoms with van der Waals surface area (Å²) in [6.07, 6.45) is 0. The smallest absolute Gasteiger partial charge is 0.187 e. The predicted molar refractivity (Wildman–Crippen MR) is 67.5 cm³/mol. The van der Waals surface area contributed by atoms with Gasteiger partial charge in [-0.25, -0.2) is 4.98 Å². The fourth-order valence-electron chi connectivity index (χ4n) is 1.62. The van der Waals surface area contributed by atoms with Crippen molar-refractivity contribution >= 4 is 26.8 Å². The molecule has 1 aromatic carbocycles. The number of pyridine rings is 1. The third-order valence-corrected chi connectivity index (χ3v) is 2.97. The van der Waals surface area contributed by atoms with Crippen molar-refractivity contribution in [3.63, 3.8) is 0 Å². The largest absolute Gasteiger partial charge is 0.493 e. The Bertz CT molecular complexity index is 508. The Balaban J connectivity index is 2.73. The fraction of sp³-hybridized carbons (Fsp3) is 0.250. The van der Waals surface area contributed by atoms with Crippen LogP contribution >= 0.6 is 15.9 Å². The molecule has 0 aliphatic carbocycles. The SMILES string of the molecule is COc1ccc2ccc(CBr)nc2c1OC. The molecule has 3 nitrogen and oxygen atoms in total. The van der Waals surface area contributed by atoms with E-state index in [1.807, 2.05) is 24.3 Å². The molecule has 1 heterocycles. The lowest BCUT2D eigenvalue weighted by Gasteiger charge is -2.10. The van der Waals surface area contributed by atoms with E-state index in [2.05, 4.69) is 20.9 Å². The number of methoxy groups -OCH3 is 2. The molecule has 2 rings (SSSR count). The number of hydrogen-bond donors (Lipinski definition) is 0. The summed E-state index contributed by atoms with van der Waals surface area (Å²) in [6, 6.07) is 7.88. The molecule has 0 aliphatic rings. The van der Waals surface area contributed by atoms with Crippen molar-refractivity contribution in [1.82, 2.24) is 4.98 Å². The third-order valence-electron chi connectivity index (χ3n) is 2.40. The van der Waals surface area contributed by atoms with E-state index in [0.717, 1.165) is 21.9 Å². The molecule has 84 valence electrons. The van der Waals surface area contributed by atoms with Crippen LogP contribution in [0.25, 0.3) is 10.9 Å². The molecule has 2 aromatic rings. The number of halogens is 1. The number of hydrogen-bond acceptors (Lipinski definition) is 3. The van der Waals surface area contributed by atoms with Crippen LogP contribution in [-0.4, -0.2) is 19.2 Å². The Labute approximate surface area is 103 Å². The molecule has 0 amide bonds. The lowest BCUT2D eigenvalue weighted by molar-refractivity contribution is 0.358. The van der Waals surface area contributed by atoms with Gasteiger partial charge in [0.05, 0.1) is 19.9 Å². The van der Waals surface area contributed by atoms with Crippen LogP contribution in [0.5, 0.6) is 11.5 Å². The third kappa shape index (κ3) is 1.85. The summed E-state index contributed by atoms with van der Waals surface area (Å²) < 4.78 is 10.6. The normalized spacial score (nSPS) is 10.4. The average molecular weight is 282 g/mol. The number of nitrogens with zero attached hydrogens (tertiary/aromatic N) is 1. The van der Waals surface area contributed by atoms with Gasteiger partial charge >= 0.3 is 0 Å². The zero-order chi connectivity index (χ0) is 11.5. The molecule has 0 saturated heterocycles. The minimum Gasteiger partial charge on any atom is -0.493 e. The van der Waals surface area contributed by atoms with Crippen molar-refractivity contribution in [3.8, 4) is 11.5 Å². The van der Waals surface area contributed by atoms with Crippen LogP contribution < -0.4 is 9.47 Å². The van der Waals surface area contributed by atoms with E-state index < -0.39 is 0 Å². The predicted octanol–water partition coefficient (Wildman–Crippen LogP) is 3.15. The summed E-state index contributed by atoms with van der Waals surface area (Å²) in [4.78, 5) is 4.52. The molecule has 0 atom stereocenters. The first-order chi connectivity index (χ1) is 7.80. The molecular weight excluding hydrogens is 270 g/mol. The van der Waals surface area contributed by atoms with Crippen molar-refractivity contribution < 1.29 is 9.47 Å². The minimum absolute atomic E-state index is 0.683. The second kappa shape index (κ2) is 4.70. The van der Waals surface area contributed by atoms with Crippen LogP contribution in [0.2, 0.25) is 0 Å². The summed E-state index contributed by atoms with van der Waals surface area (Å²) in [5, 5.41) is 1.77. The van der Waals surface area contributed by atoms with Crippen LogP contribution in [0, 0.1) is 0 Å². The number of benzene rings is 1. The van der Waals surface area contributed by atoms with Crippen molar-refractivity contribution in [2.24, 2.45) is 0 Å². The monoisotopic (exact) mass is 281 g/mol. The van der Waals surface area contributed by atoms with Gasteiger partial charge in [0.25, 0.3) is 0 Å². The van der Waals surface area contributed by atoms with Crippen LogP contribution in [-0.2, 0) is 5.33 Å². The van der Waals surface area contributed by atoms with Gasteiger partial charge in [-0.2, -0.15) is 0 Å². The van der Waals surface area contributed by atoms with Crippen LogP contribution in [0.1, 0.15) is 5.69 Å². The van der Waals surface area contributed by atoms with Gasteiger partial charge in [-0.05, 0) is 18.2 Å². The summed E-state index contributed by atoms with van der Waals surface area (Å²) in [5.74, 6) is 1.39. The van der Waals surface area contributed by atoms with Gasteiger partial charge in [0.2, 0.25) is 0 Å². The van der Waals surface area contributed by atoms with Gasteiger partial charge in [0.15, 0.2) is 11.5 Å². The van der Waals surface area contributed by atoms with Gasteiger partial charge < -0.3 is 9.47 Å². The summed E-state index contributed by atoms with van der Waals surface area (Å²) >= 11 is 3.39. The molecule has 0 aliphatic heterocycles. The highest BCUT2D eigenvalue weighted by atomic mass is 79.9. The van der Waals surface area contributed by atoms with E-state index in [1.54, 1.807) is 14.2 Å². The van der Waals surface area contributed by atoms with Gasteiger partial charge in [0, 0.05) is 10.7 Å². The molecule has 0 radical (unpaired) electrons. The van der Waals surface area contributed by atoms with Crippen LogP contribution in [0.3, 0.4) is 0 Å². The number of aromatic nitrogens is 1. The van der Waals surface area contributed by atoms with Gasteiger partial charge in [-0.1, -0.05) is 22.0 Å². The molecule has 0 bridgehead atoms. The molecule has 0 unspecified atom stereocenters. The Kier molecular flexibility index (Phi) is 3.29. The molecule has 1 aromatic heterocycles. The number of rotatable bonds is 3. The Morgan fingerprint density at radius 2 is 1.88 bits per heavy atom. The lowest BCUT2D eigenvalue weighted by atomic mass is 10.2. The highest BCUT2D eigenvalue weighted by Gasteiger charge is 2.10. The van der Waals surface area contributed by atoms with Gasteiger partial charge in [0.1, 0.15) is 5.52 Å². The van der Waals surface area contributed by atoms with Crippen molar-refractivity contribution in [1.29, 1.82) is 0 Å². The molecule has 0 fully saturated rings. The molecule has 0 spiro atoms. The topological polar surface area (TPSA) is 31.4 Å². The standard InChI is InChI=1S/C12H12BrNO2/c1-15-10-6-4-8-3-5-9(7-13)14-11(8)12(10)16-2/h3-6H,7H2,1-2H3. The second-order valence-electron chi connectivity index (χ2n) is 3.31. The maximum absolute atomic E-state index is 5.35. The maximum atomic E-state index is 5.35. The molecular formula is C12H12BrNO2. The van der Waals surface area contributed by atoms with Crippen molar-refractivity contribution in [2.75, 3.05) is 14.2 Å². The van der Waals surface area contributed by atoms with Crippen molar-refractivity contribution in [2.45, 2.75) is 5.33 Å². The first-order valence-electron chi connectivity index (χ1n) is 4.86. The number of alkyl halides is 1. The first kappa shape index (κ1) is 11.2. The fourth-order valence-corrected chi connectivity index (χ4v) is 1.93. The Morgan fingerprint density at radius 3 is 2.50 bits per heavy atom. The quantitative estimate of drug-likeness (QED) is 0.810. The molecule has 4 heteroatoms. The zero-order valence-corrected chi connectivity index (χ0v) is 10.7. The summed E-state index contributed by atoms with van der Waals surface area (Å²) in [6.45, 7) is 0. The first-order valence-corrected chi connectivity index (χ1v) is 5.99. The van der Waals surface area contributed by atoms with E-state index >= 15 is 0 Å². The van der Waals surface area contributed by atoms with E-state index in [-0.39, 0.29) is 0 Å². The summed E-state index contributed by atoms with van der Waals surface area (Å²) in [7, 11) is 3.25. The van der Waals surface area contributed by atoms with E-state index in [0.29, 0.717) is 11.5 Å². The molecule has 0 saturated carbocycles. The Hall–Kier alpha value is -1.29. The van der Waals surface area contributed by atoms with Gasteiger partial charge in [-0.15, -0.1) is 0 Å². The number of ether oxygens (including phenoxy) is 2. The van der Waals surface area contributed by atoms with Crippen molar-refractivity contribution in [3.05, 3.63) is 30.0 Å². The van der Waals surface area contributed by atoms with E-state index in [4.69, 9.17) is 9.47 Å².